The zero-order valence-corrected chi connectivity index (χ0v) is 16.1. The summed E-state index contributed by atoms with van der Waals surface area (Å²) in [5, 5.41) is 7.28. The minimum atomic E-state index is 0.351. The molecule has 0 bridgehead atoms. The van der Waals surface area contributed by atoms with Crippen LogP contribution in [0.15, 0.2) is 108 Å². The Hall–Kier alpha value is -3.65. The van der Waals surface area contributed by atoms with Crippen LogP contribution in [-0.2, 0) is 0 Å². The lowest BCUT2D eigenvalue weighted by Crippen LogP contribution is -2.09. The van der Waals surface area contributed by atoms with Crippen molar-refractivity contribution in [1.82, 2.24) is 0 Å². The molecule has 0 aromatic heterocycles. The van der Waals surface area contributed by atoms with Gasteiger partial charge in [-0.3, -0.25) is 5.43 Å². The van der Waals surface area contributed by atoms with Gasteiger partial charge in [0.05, 0.1) is 11.4 Å². The highest BCUT2D eigenvalue weighted by Gasteiger charge is 2.19. The van der Waals surface area contributed by atoms with E-state index in [1.165, 1.54) is 21.9 Å². The summed E-state index contributed by atoms with van der Waals surface area (Å²) in [6, 6.07) is 33.8. The average Bonchev–Trinajstić information content (AvgIpc) is 3.20. The van der Waals surface area contributed by atoms with Crippen LogP contribution >= 0.6 is 0 Å². The third-order valence-electron chi connectivity index (χ3n) is 5.49. The standard InChI is InChI=1S/C27H22N2/c1-2-10-22(11-3-1)27(19-24-15-14-21-9-6-7-13-26(21)24)29-28-25-17-16-20-8-4-5-12-23(20)18-25/h1-18,24,28H,19H2. The molecule has 1 atom stereocenters. The molecule has 0 radical (unpaired) electrons. The predicted molar refractivity (Wildman–Crippen MR) is 123 cm³/mol. The average molecular weight is 374 g/mol. The van der Waals surface area contributed by atoms with Crippen LogP contribution in [0.1, 0.15) is 29.0 Å². The van der Waals surface area contributed by atoms with Gasteiger partial charge < -0.3 is 0 Å². The van der Waals surface area contributed by atoms with Crippen LogP contribution in [0.25, 0.3) is 16.8 Å². The molecular weight excluding hydrogens is 352 g/mol. The normalized spacial score (nSPS) is 15.4. The van der Waals surface area contributed by atoms with Crippen LogP contribution < -0.4 is 5.43 Å². The van der Waals surface area contributed by atoms with E-state index in [4.69, 9.17) is 5.10 Å². The third kappa shape index (κ3) is 3.70. The van der Waals surface area contributed by atoms with Crippen molar-refractivity contribution in [1.29, 1.82) is 0 Å². The van der Waals surface area contributed by atoms with Crippen molar-refractivity contribution in [3.05, 3.63) is 120 Å². The van der Waals surface area contributed by atoms with E-state index in [-0.39, 0.29) is 0 Å². The van der Waals surface area contributed by atoms with Gasteiger partial charge in [0.25, 0.3) is 0 Å². The van der Waals surface area contributed by atoms with Gasteiger partial charge in [-0.05, 0) is 39.6 Å². The number of fused-ring (bicyclic) bond motifs is 2. The van der Waals surface area contributed by atoms with Crippen molar-refractivity contribution >= 4 is 28.2 Å². The highest BCUT2D eigenvalue weighted by atomic mass is 15.3. The maximum absolute atomic E-state index is 4.84. The summed E-state index contributed by atoms with van der Waals surface area (Å²) in [7, 11) is 0. The molecule has 0 fully saturated rings. The minimum absolute atomic E-state index is 0.351. The Labute approximate surface area is 171 Å². The zero-order chi connectivity index (χ0) is 19.5. The molecule has 1 unspecified atom stereocenters. The molecule has 1 aliphatic carbocycles. The van der Waals surface area contributed by atoms with Gasteiger partial charge in [0.2, 0.25) is 0 Å². The number of nitrogens with one attached hydrogen (secondary N) is 1. The van der Waals surface area contributed by atoms with Crippen LogP contribution in [0, 0.1) is 0 Å². The molecule has 140 valence electrons. The molecule has 1 N–H and O–H groups in total. The lowest BCUT2D eigenvalue weighted by atomic mass is 9.93. The number of benzene rings is 4. The number of nitrogens with zero attached hydrogens (tertiary/aromatic N) is 1. The zero-order valence-electron chi connectivity index (χ0n) is 16.1. The summed E-state index contributed by atoms with van der Waals surface area (Å²) < 4.78 is 0. The minimum Gasteiger partial charge on any atom is -0.278 e. The van der Waals surface area contributed by atoms with E-state index >= 15 is 0 Å². The first-order valence-electron chi connectivity index (χ1n) is 10.0. The summed E-state index contributed by atoms with van der Waals surface area (Å²) in [5.41, 5.74) is 9.20. The van der Waals surface area contributed by atoms with Crippen LogP contribution in [0.3, 0.4) is 0 Å². The number of rotatable bonds is 5. The van der Waals surface area contributed by atoms with Gasteiger partial charge in [0.15, 0.2) is 0 Å². The Kier molecular flexibility index (Phi) is 4.67. The van der Waals surface area contributed by atoms with Crippen LogP contribution in [0.5, 0.6) is 0 Å². The molecule has 5 rings (SSSR count). The Morgan fingerprint density at radius 1 is 0.759 bits per heavy atom. The van der Waals surface area contributed by atoms with Gasteiger partial charge in [-0.25, -0.2) is 0 Å². The molecular formula is C27H22N2. The smallest absolute Gasteiger partial charge is 0.0688 e. The first kappa shape index (κ1) is 17.4. The van der Waals surface area contributed by atoms with Crippen molar-refractivity contribution in [3.8, 4) is 0 Å². The summed E-state index contributed by atoms with van der Waals surface area (Å²) in [4.78, 5) is 0. The molecule has 2 nitrogen and oxygen atoms in total. The molecule has 4 aromatic rings. The summed E-state index contributed by atoms with van der Waals surface area (Å²) >= 11 is 0. The van der Waals surface area contributed by atoms with E-state index in [1.54, 1.807) is 0 Å². The fourth-order valence-corrected chi connectivity index (χ4v) is 3.96. The Morgan fingerprint density at radius 2 is 1.52 bits per heavy atom. The lowest BCUT2D eigenvalue weighted by Gasteiger charge is -2.14. The van der Waals surface area contributed by atoms with E-state index in [1.807, 2.05) is 6.07 Å². The van der Waals surface area contributed by atoms with Crippen molar-refractivity contribution in [2.75, 3.05) is 5.43 Å². The number of hydrazone groups is 1. The number of allylic oxidation sites excluding steroid dienone is 1. The molecule has 1 aliphatic rings. The SMILES string of the molecule is C1=CC(CC(=NNc2ccc3ccccc3c2)c2ccccc2)c2ccccc21. The van der Waals surface area contributed by atoms with Crippen molar-refractivity contribution < 1.29 is 0 Å². The van der Waals surface area contributed by atoms with Crippen molar-refractivity contribution in [2.45, 2.75) is 12.3 Å². The van der Waals surface area contributed by atoms with Crippen LogP contribution in [0.2, 0.25) is 0 Å². The summed E-state index contributed by atoms with van der Waals surface area (Å²) in [6.45, 7) is 0. The fourth-order valence-electron chi connectivity index (χ4n) is 3.96. The number of hydrogen-bond acceptors (Lipinski definition) is 2. The van der Waals surface area contributed by atoms with Gasteiger partial charge in [-0.2, -0.15) is 5.10 Å². The van der Waals surface area contributed by atoms with E-state index in [0.29, 0.717) is 5.92 Å². The molecule has 2 heteroatoms. The second-order valence-electron chi connectivity index (χ2n) is 7.40. The van der Waals surface area contributed by atoms with Gasteiger partial charge in [-0.15, -0.1) is 0 Å². The predicted octanol–water partition coefficient (Wildman–Crippen LogP) is 6.86. The maximum atomic E-state index is 4.84. The van der Waals surface area contributed by atoms with E-state index in [9.17, 15) is 0 Å². The largest absolute Gasteiger partial charge is 0.278 e. The van der Waals surface area contributed by atoms with Crippen LogP contribution in [0.4, 0.5) is 5.69 Å². The van der Waals surface area contributed by atoms with Crippen LogP contribution in [-0.4, -0.2) is 5.71 Å². The maximum Gasteiger partial charge on any atom is 0.0688 e. The van der Waals surface area contributed by atoms with E-state index in [2.05, 4.69) is 109 Å². The lowest BCUT2D eigenvalue weighted by molar-refractivity contribution is 0.907. The van der Waals surface area contributed by atoms with Gasteiger partial charge >= 0.3 is 0 Å². The van der Waals surface area contributed by atoms with Gasteiger partial charge in [0.1, 0.15) is 0 Å². The Balaban J connectivity index is 1.45. The summed E-state index contributed by atoms with van der Waals surface area (Å²) in [5.74, 6) is 0.351. The Bertz CT molecular complexity index is 1210. The first-order chi connectivity index (χ1) is 14.4. The monoisotopic (exact) mass is 374 g/mol. The van der Waals surface area contributed by atoms with E-state index < -0.39 is 0 Å². The third-order valence-corrected chi connectivity index (χ3v) is 5.49. The quantitative estimate of drug-likeness (QED) is 0.299. The second kappa shape index (κ2) is 7.76. The molecule has 29 heavy (non-hydrogen) atoms. The van der Waals surface area contributed by atoms with Gasteiger partial charge in [0, 0.05) is 12.3 Å². The highest BCUT2D eigenvalue weighted by Crippen LogP contribution is 2.33. The molecule has 0 amide bonds. The highest BCUT2D eigenvalue weighted by molar-refractivity contribution is 6.02. The molecule has 0 aliphatic heterocycles. The molecule has 0 saturated heterocycles. The molecule has 0 spiro atoms. The Morgan fingerprint density at radius 3 is 2.41 bits per heavy atom. The number of hydrogen-bond donors (Lipinski definition) is 1. The van der Waals surface area contributed by atoms with Crippen molar-refractivity contribution in [3.63, 3.8) is 0 Å². The molecule has 4 aromatic carbocycles. The first-order valence-corrected chi connectivity index (χ1v) is 10.0. The van der Waals surface area contributed by atoms with E-state index in [0.717, 1.165) is 23.4 Å². The molecule has 0 saturated carbocycles. The number of anilines is 1. The second-order valence-corrected chi connectivity index (χ2v) is 7.40. The fraction of sp³-hybridized carbons (Fsp3) is 0.0741. The topological polar surface area (TPSA) is 24.4 Å². The van der Waals surface area contributed by atoms with Crippen molar-refractivity contribution in [2.24, 2.45) is 5.10 Å². The molecule has 0 heterocycles. The van der Waals surface area contributed by atoms with Gasteiger partial charge in [-0.1, -0.05) is 97.1 Å². The summed E-state index contributed by atoms with van der Waals surface area (Å²) in [6.07, 6.45) is 5.37.